The van der Waals surface area contributed by atoms with E-state index in [1.54, 1.807) is 20.8 Å². The number of carbonyl (C=O) groups is 4. The van der Waals surface area contributed by atoms with E-state index in [2.05, 4.69) is 23.7 Å². The number of methoxy groups -OCH3 is 1. The van der Waals surface area contributed by atoms with Gasteiger partial charge in [0, 0.05) is 7.05 Å². The molecule has 10 heteroatoms. The number of nitrogens with one attached hydrogen (secondary N) is 2. The van der Waals surface area contributed by atoms with Gasteiger partial charge in [-0.05, 0) is 32.7 Å². The number of hydrogen-bond acceptors (Lipinski definition) is 6. The van der Waals surface area contributed by atoms with Crippen LogP contribution in [0.2, 0.25) is 19.1 Å². The molecule has 0 aromatic heterocycles. The topological polar surface area (TPSA) is 114 Å². The fourth-order valence-corrected chi connectivity index (χ4v) is 6.28. The molecule has 9 nitrogen and oxygen atoms in total. The normalized spacial score (nSPS) is 14.1. The minimum absolute atomic E-state index is 0.157. The van der Waals surface area contributed by atoms with Crippen LogP contribution in [-0.4, -0.2) is 75.2 Å². The van der Waals surface area contributed by atoms with Crippen molar-refractivity contribution in [3.05, 3.63) is 30.3 Å². The largest absolute Gasteiger partial charge is 0.467 e. The Morgan fingerprint density at radius 3 is 2.14 bits per heavy atom. The Labute approximate surface area is 216 Å². The van der Waals surface area contributed by atoms with Crippen molar-refractivity contribution in [2.24, 2.45) is 5.92 Å². The molecular weight excluding hydrogens is 478 g/mol. The summed E-state index contributed by atoms with van der Waals surface area (Å²) in [6.07, 6.45) is 0.0160. The summed E-state index contributed by atoms with van der Waals surface area (Å²) in [5, 5.41) is 6.72. The first-order chi connectivity index (χ1) is 16.6. The minimum atomic E-state index is -2.18. The van der Waals surface area contributed by atoms with Gasteiger partial charge in [0.25, 0.3) is 0 Å². The van der Waals surface area contributed by atoms with Crippen LogP contribution in [0.1, 0.15) is 41.0 Å². The number of ether oxygens (including phenoxy) is 2. The summed E-state index contributed by atoms with van der Waals surface area (Å²) in [6, 6.07) is 8.54. The van der Waals surface area contributed by atoms with Crippen molar-refractivity contribution in [1.29, 1.82) is 0 Å². The summed E-state index contributed by atoms with van der Waals surface area (Å²) in [4.78, 5) is 52.1. The van der Waals surface area contributed by atoms with Crippen LogP contribution in [0, 0.1) is 5.92 Å². The van der Waals surface area contributed by atoms with Crippen LogP contribution in [0.25, 0.3) is 0 Å². The molecule has 2 N–H and O–H groups in total. The Hall–Kier alpha value is -2.88. The summed E-state index contributed by atoms with van der Waals surface area (Å²) >= 11 is 0. The number of carbonyl (C=O) groups excluding carboxylic acids is 4. The highest BCUT2D eigenvalue weighted by atomic mass is 28.3. The predicted octanol–water partition coefficient (Wildman–Crippen LogP) is 2.66. The summed E-state index contributed by atoms with van der Waals surface area (Å²) in [5.41, 5.74) is -0.700. The van der Waals surface area contributed by atoms with Gasteiger partial charge in [0.15, 0.2) is 0 Å². The standard InChI is InChI=1S/C26H43N3O6Si/c1-10-18(2)22(24(32)34-7)28-23(31)20(17-36(8,9)19-14-12-11-13-15-19)27-21(30)16-29(6)25(33)35-26(3,4)5/h11-15,18,20,22H,10,16-17H2,1-9H3,(H,27,30)(H,28,31)/t18-,20?,22?/m0/s1. The average molecular weight is 522 g/mol. The highest BCUT2D eigenvalue weighted by Gasteiger charge is 2.35. The lowest BCUT2D eigenvalue weighted by Gasteiger charge is -2.31. The van der Waals surface area contributed by atoms with Crippen molar-refractivity contribution >= 4 is 37.1 Å². The molecule has 0 aliphatic carbocycles. The molecule has 1 aromatic carbocycles. The molecule has 0 heterocycles. The molecule has 0 fully saturated rings. The van der Waals surface area contributed by atoms with E-state index in [9.17, 15) is 19.2 Å². The van der Waals surface area contributed by atoms with Crippen LogP contribution in [0.5, 0.6) is 0 Å². The van der Waals surface area contributed by atoms with Gasteiger partial charge < -0.3 is 25.0 Å². The predicted molar refractivity (Wildman–Crippen MR) is 143 cm³/mol. The zero-order valence-electron chi connectivity index (χ0n) is 23.1. The van der Waals surface area contributed by atoms with Gasteiger partial charge in [-0.3, -0.25) is 9.59 Å². The van der Waals surface area contributed by atoms with E-state index in [4.69, 9.17) is 9.47 Å². The van der Waals surface area contributed by atoms with Crippen molar-refractivity contribution in [2.45, 2.75) is 77.9 Å². The molecule has 0 aliphatic rings. The van der Waals surface area contributed by atoms with Gasteiger partial charge in [0.1, 0.15) is 24.2 Å². The molecule has 0 aliphatic heterocycles. The quantitative estimate of drug-likeness (QED) is 0.342. The molecule has 3 atom stereocenters. The lowest BCUT2D eigenvalue weighted by atomic mass is 9.99. The van der Waals surface area contributed by atoms with E-state index in [-0.39, 0.29) is 12.5 Å². The van der Waals surface area contributed by atoms with Crippen LogP contribution in [-0.2, 0) is 23.9 Å². The molecule has 1 aromatic rings. The fraction of sp³-hybridized carbons (Fsp3) is 0.615. The number of hydrogen-bond donors (Lipinski definition) is 2. The maximum atomic E-state index is 13.4. The van der Waals surface area contributed by atoms with E-state index in [0.29, 0.717) is 12.5 Å². The first kappa shape index (κ1) is 31.1. The molecule has 0 saturated carbocycles. The minimum Gasteiger partial charge on any atom is -0.467 e. The zero-order valence-corrected chi connectivity index (χ0v) is 24.1. The highest BCUT2D eigenvalue weighted by molar-refractivity contribution is 6.90. The van der Waals surface area contributed by atoms with Crippen LogP contribution >= 0.6 is 0 Å². The molecule has 3 amide bonds. The van der Waals surface area contributed by atoms with Crippen molar-refractivity contribution < 1.29 is 28.7 Å². The Kier molecular flexibility index (Phi) is 11.6. The van der Waals surface area contributed by atoms with Crippen molar-refractivity contribution in [3.8, 4) is 0 Å². The Balaban J connectivity index is 3.13. The number of likely N-dealkylation sites (N-methyl/N-ethyl adjacent to an activating group) is 1. The molecule has 0 bridgehead atoms. The third-order valence-corrected chi connectivity index (χ3v) is 9.30. The first-order valence-electron chi connectivity index (χ1n) is 12.3. The summed E-state index contributed by atoms with van der Waals surface area (Å²) in [5.74, 6) is -1.66. The average Bonchev–Trinajstić information content (AvgIpc) is 2.80. The van der Waals surface area contributed by atoms with Crippen molar-refractivity contribution in [1.82, 2.24) is 15.5 Å². The van der Waals surface area contributed by atoms with Gasteiger partial charge in [-0.15, -0.1) is 0 Å². The number of esters is 1. The summed E-state index contributed by atoms with van der Waals surface area (Å²) < 4.78 is 10.2. The molecule has 202 valence electrons. The van der Waals surface area contributed by atoms with E-state index in [1.807, 2.05) is 44.2 Å². The van der Waals surface area contributed by atoms with Crippen LogP contribution in [0.3, 0.4) is 0 Å². The number of rotatable bonds is 11. The molecule has 36 heavy (non-hydrogen) atoms. The second kappa shape index (κ2) is 13.4. The zero-order chi connectivity index (χ0) is 27.7. The Morgan fingerprint density at radius 1 is 1.06 bits per heavy atom. The smallest absolute Gasteiger partial charge is 0.410 e. The fourth-order valence-electron chi connectivity index (χ4n) is 3.64. The highest BCUT2D eigenvalue weighted by Crippen LogP contribution is 2.16. The molecule has 1 rings (SSSR count). The molecule has 2 unspecified atom stereocenters. The third kappa shape index (κ3) is 10.0. The first-order valence-corrected chi connectivity index (χ1v) is 15.5. The lowest BCUT2D eigenvalue weighted by Crippen LogP contribution is -2.58. The van der Waals surface area contributed by atoms with E-state index < -0.39 is 49.6 Å². The summed E-state index contributed by atoms with van der Waals surface area (Å²) in [7, 11) is 0.554. The Bertz CT molecular complexity index is 901. The number of nitrogens with zero attached hydrogens (tertiary/aromatic N) is 1. The van der Waals surface area contributed by atoms with Gasteiger partial charge in [0.05, 0.1) is 15.2 Å². The number of benzene rings is 1. The third-order valence-electron chi connectivity index (χ3n) is 5.97. The van der Waals surface area contributed by atoms with Crippen LogP contribution in [0.4, 0.5) is 4.79 Å². The van der Waals surface area contributed by atoms with Crippen LogP contribution in [0.15, 0.2) is 30.3 Å². The van der Waals surface area contributed by atoms with Gasteiger partial charge >= 0.3 is 12.1 Å². The van der Waals surface area contributed by atoms with Gasteiger partial charge in [-0.25, -0.2) is 9.59 Å². The molecule has 0 saturated heterocycles. The van der Waals surface area contributed by atoms with E-state index in [0.717, 1.165) is 10.1 Å². The second-order valence-corrected chi connectivity index (χ2v) is 15.6. The Morgan fingerprint density at radius 2 is 1.64 bits per heavy atom. The van der Waals surface area contributed by atoms with Gasteiger partial charge in [0.2, 0.25) is 11.8 Å². The maximum absolute atomic E-state index is 13.4. The molecule has 0 spiro atoms. The number of amides is 3. The van der Waals surface area contributed by atoms with E-state index in [1.165, 1.54) is 14.2 Å². The molecular formula is C26H43N3O6Si. The van der Waals surface area contributed by atoms with Crippen molar-refractivity contribution in [3.63, 3.8) is 0 Å². The van der Waals surface area contributed by atoms with Crippen LogP contribution < -0.4 is 15.8 Å². The van der Waals surface area contributed by atoms with Crippen molar-refractivity contribution in [2.75, 3.05) is 20.7 Å². The maximum Gasteiger partial charge on any atom is 0.410 e. The second-order valence-electron chi connectivity index (χ2n) is 10.8. The monoisotopic (exact) mass is 521 g/mol. The van der Waals surface area contributed by atoms with Gasteiger partial charge in [-0.1, -0.05) is 68.9 Å². The van der Waals surface area contributed by atoms with E-state index >= 15 is 0 Å². The van der Waals surface area contributed by atoms with Gasteiger partial charge in [-0.2, -0.15) is 0 Å². The lowest BCUT2D eigenvalue weighted by molar-refractivity contribution is -0.146. The SMILES string of the molecule is CC[C@H](C)C(NC(=O)C(C[Si](C)(C)c1ccccc1)NC(=O)CN(C)C(=O)OC(C)(C)C)C(=O)OC. The molecule has 0 radical (unpaired) electrons. The summed E-state index contributed by atoms with van der Waals surface area (Å²) in [6.45, 7) is 13.0.